The molecule has 1 amide bonds. The van der Waals surface area contributed by atoms with Crippen molar-refractivity contribution >= 4 is 22.7 Å². The summed E-state index contributed by atoms with van der Waals surface area (Å²) in [4.78, 5) is 16.4. The van der Waals surface area contributed by atoms with Crippen molar-refractivity contribution in [1.29, 1.82) is 0 Å². The Morgan fingerprint density at radius 2 is 2.00 bits per heavy atom. The van der Waals surface area contributed by atoms with Gasteiger partial charge in [0.05, 0.1) is 11.7 Å². The molecular formula is C26H28FN5O3. The third kappa shape index (κ3) is 3.55. The fraction of sp³-hybridized carbons (Fsp3) is 0.500. The molecule has 8 nitrogen and oxygen atoms in total. The Kier molecular flexibility index (Phi) is 4.77. The van der Waals surface area contributed by atoms with Crippen LogP contribution in [0.15, 0.2) is 34.7 Å². The number of likely N-dealkylation sites (tertiary alicyclic amines) is 1. The van der Waals surface area contributed by atoms with Gasteiger partial charge in [0.1, 0.15) is 17.5 Å². The number of piperidine rings is 1. The highest BCUT2D eigenvalue weighted by molar-refractivity contribution is 5.97. The normalized spacial score (nSPS) is 27.7. The van der Waals surface area contributed by atoms with E-state index in [1.165, 1.54) is 0 Å². The molecule has 2 aromatic heterocycles. The van der Waals surface area contributed by atoms with Crippen molar-refractivity contribution in [3.05, 3.63) is 36.1 Å². The molecule has 3 saturated heterocycles. The van der Waals surface area contributed by atoms with Gasteiger partial charge in [0.15, 0.2) is 11.6 Å². The van der Waals surface area contributed by atoms with Crippen molar-refractivity contribution in [1.82, 2.24) is 20.4 Å². The average molecular weight is 478 g/mol. The lowest BCUT2D eigenvalue weighted by atomic mass is 9.95. The van der Waals surface area contributed by atoms with Crippen molar-refractivity contribution in [2.75, 3.05) is 18.0 Å². The molecule has 4 atom stereocenters. The minimum Gasteiger partial charge on any atom is -0.507 e. The zero-order valence-electron chi connectivity index (χ0n) is 19.4. The summed E-state index contributed by atoms with van der Waals surface area (Å²) in [7, 11) is 0. The van der Waals surface area contributed by atoms with Crippen LogP contribution in [-0.2, 0) is 0 Å². The number of benzene rings is 1. The predicted octanol–water partition coefficient (Wildman–Crippen LogP) is 3.64. The van der Waals surface area contributed by atoms with E-state index in [9.17, 15) is 9.90 Å². The molecule has 3 aliphatic heterocycles. The number of fused-ring (bicyclic) bond motifs is 3. The van der Waals surface area contributed by atoms with E-state index in [2.05, 4.69) is 20.4 Å². The predicted molar refractivity (Wildman–Crippen MR) is 128 cm³/mol. The topological polar surface area (TPSA) is 94.7 Å². The Morgan fingerprint density at radius 1 is 1.14 bits per heavy atom. The largest absolute Gasteiger partial charge is 0.507 e. The molecule has 9 heteroatoms. The molecule has 4 fully saturated rings. The maximum atomic E-state index is 15.3. The van der Waals surface area contributed by atoms with Crippen molar-refractivity contribution in [3.63, 3.8) is 0 Å². The number of halogens is 1. The van der Waals surface area contributed by atoms with Crippen LogP contribution in [0.5, 0.6) is 5.75 Å². The van der Waals surface area contributed by atoms with Crippen LogP contribution in [0.2, 0.25) is 0 Å². The first kappa shape index (κ1) is 21.1. The number of hydrogen-bond acceptors (Lipinski definition) is 7. The molecule has 0 spiro atoms. The first-order chi connectivity index (χ1) is 17.0. The molecule has 1 aliphatic carbocycles. The number of amides is 1. The van der Waals surface area contributed by atoms with Gasteiger partial charge in [-0.15, -0.1) is 10.2 Å². The van der Waals surface area contributed by atoms with Crippen LogP contribution in [0.4, 0.5) is 10.2 Å². The van der Waals surface area contributed by atoms with Gasteiger partial charge in [-0.25, -0.2) is 4.39 Å². The number of carbonyl (C=O) groups is 1. The number of hydrogen-bond donors (Lipinski definition) is 2. The molecule has 7 rings (SSSR count). The molecule has 2 unspecified atom stereocenters. The van der Waals surface area contributed by atoms with Crippen LogP contribution in [0.3, 0.4) is 0 Å². The number of aromatic hydroxyl groups is 1. The van der Waals surface area contributed by atoms with E-state index in [1.54, 1.807) is 23.1 Å². The number of anilines is 1. The minimum absolute atomic E-state index is 0.0427. The van der Waals surface area contributed by atoms with Crippen LogP contribution in [-0.4, -0.2) is 69.5 Å². The highest BCUT2D eigenvalue weighted by Crippen LogP contribution is 2.40. The number of aromatic nitrogens is 2. The number of phenolic OH excluding ortho intramolecular Hbond substituents is 1. The summed E-state index contributed by atoms with van der Waals surface area (Å²) in [6, 6.07) is 9.08. The van der Waals surface area contributed by atoms with Crippen LogP contribution in [0, 0.1) is 0 Å². The lowest BCUT2D eigenvalue weighted by Gasteiger charge is -2.41. The maximum Gasteiger partial charge on any atom is 0.289 e. The van der Waals surface area contributed by atoms with Gasteiger partial charge in [-0.2, -0.15) is 0 Å². The number of nitrogens with zero attached hydrogens (tertiary/aromatic N) is 4. The Hall–Kier alpha value is -3.20. The first-order valence-electron chi connectivity index (χ1n) is 12.6. The number of alkyl halides is 1. The molecular weight excluding hydrogens is 449 g/mol. The van der Waals surface area contributed by atoms with Crippen molar-refractivity contribution in [2.45, 2.75) is 68.9 Å². The van der Waals surface area contributed by atoms with Gasteiger partial charge in [0.2, 0.25) is 0 Å². The number of rotatable bonds is 5. The number of phenols is 1. The monoisotopic (exact) mass is 477 g/mol. The SMILES string of the molecule is O=C(c1cc2cc(O)c(-c3ccc(N(C4CC4)[C@@H]4CC5CCC(N5)[C@@H]4F)nn3)cc2o1)N1CCC1. The second-order valence-electron chi connectivity index (χ2n) is 10.4. The Bertz CT molecular complexity index is 1290. The van der Waals surface area contributed by atoms with E-state index in [-0.39, 0.29) is 29.5 Å². The summed E-state index contributed by atoms with van der Waals surface area (Å²) in [5.41, 5.74) is 1.49. The fourth-order valence-electron chi connectivity index (χ4n) is 5.89. The highest BCUT2D eigenvalue weighted by atomic mass is 19.1. The number of nitrogens with one attached hydrogen (secondary N) is 1. The van der Waals surface area contributed by atoms with Crippen molar-refractivity contribution < 1.29 is 18.7 Å². The lowest BCUT2D eigenvalue weighted by molar-refractivity contribution is 0.0621. The van der Waals surface area contributed by atoms with Crippen LogP contribution in [0.1, 0.15) is 49.1 Å². The van der Waals surface area contributed by atoms with Gasteiger partial charge in [0.25, 0.3) is 5.91 Å². The molecule has 35 heavy (non-hydrogen) atoms. The summed E-state index contributed by atoms with van der Waals surface area (Å²) >= 11 is 0. The summed E-state index contributed by atoms with van der Waals surface area (Å²) < 4.78 is 21.1. The standard InChI is InChI=1S/C26H28FN5O3/c27-25-19-5-2-15(28-19)12-20(25)32(16-3-4-16)24-7-6-18(29-30-24)17-13-22-14(10-21(17)33)11-23(35-22)26(34)31-8-1-9-31/h6-7,10-11,13,15-16,19-20,25,28,33H,1-5,8-9,12H2/t15?,19?,20-,25+/m1/s1. The average Bonchev–Trinajstić information content (AvgIpc) is 3.43. The van der Waals surface area contributed by atoms with E-state index in [1.807, 2.05) is 12.1 Å². The van der Waals surface area contributed by atoms with E-state index in [0.717, 1.165) is 51.6 Å². The van der Waals surface area contributed by atoms with Gasteiger partial charge >= 0.3 is 0 Å². The Morgan fingerprint density at radius 3 is 2.71 bits per heavy atom. The minimum atomic E-state index is -0.922. The third-order valence-corrected chi connectivity index (χ3v) is 8.03. The molecule has 182 valence electrons. The summed E-state index contributed by atoms with van der Waals surface area (Å²) in [5, 5.41) is 23.6. The number of furan rings is 1. The van der Waals surface area contributed by atoms with Crippen LogP contribution < -0.4 is 10.2 Å². The molecule has 5 heterocycles. The second-order valence-corrected chi connectivity index (χ2v) is 10.4. The fourth-order valence-corrected chi connectivity index (χ4v) is 5.89. The van der Waals surface area contributed by atoms with E-state index in [0.29, 0.717) is 40.1 Å². The zero-order valence-corrected chi connectivity index (χ0v) is 19.4. The highest BCUT2D eigenvalue weighted by Gasteiger charge is 2.48. The van der Waals surface area contributed by atoms with Crippen LogP contribution >= 0.6 is 0 Å². The summed E-state index contributed by atoms with van der Waals surface area (Å²) in [6.07, 6.45) is 4.89. The molecule has 0 radical (unpaired) electrons. The zero-order chi connectivity index (χ0) is 23.7. The van der Waals surface area contributed by atoms with E-state index >= 15 is 4.39 Å². The Balaban J connectivity index is 1.17. The summed E-state index contributed by atoms with van der Waals surface area (Å²) in [6.45, 7) is 1.49. The van der Waals surface area contributed by atoms with Gasteiger partial charge < -0.3 is 24.6 Å². The van der Waals surface area contributed by atoms with E-state index in [4.69, 9.17) is 4.42 Å². The van der Waals surface area contributed by atoms with E-state index < -0.39 is 6.17 Å². The van der Waals surface area contributed by atoms with Gasteiger partial charge in [-0.3, -0.25) is 4.79 Å². The smallest absolute Gasteiger partial charge is 0.289 e. The lowest BCUT2D eigenvalue weighted by Crippen LogP contribution is -2.57. The van der Waals surface area contributed by atoms with Crippen LogP contribution in [0.25, 0.3) is 22.2 Å². The molecule has 2 N–H and O–H groups in total. The molecule has 1 saturated carbocycles. The first-order valence-corrected chi connectivity index (χ1v) is 12.6. The summed E-state index contributed by atoms with van der Waals surface area (Å²) in [5.74, 6) is 0.872. The third-order valence-electron chi connectivity index (χ3n) is 8.03. The molecule has 2 bridgehead atoms. The number of carbonyl (C=O) groups excluding carboxylic acids is 1. The second kappa shape index (κ2) is 7.91. The molecule has 3 aromatic rings. The Labute approximate surface area is 202 Å². The quantitative estimate of drug-likeness (QED) is 0.579. The molecule has 4 aliphatic rings. The van der Waals surface area contributed by atoms with Gasteiger partial charge in [0, 0.05) is 42.2 Å². The molecule has 1 aromatic carbocycles. The van der Waals surface area contributed by atoms with Crippen molar-refractivity contribution in [3.8, 4) is 17.0 Å². The maximum absolute atomic E-state index is 15.3. The van der Waals surface area contributed by atoms with Gasteiger partial charge in [-0.05, 0) is 68.9 Å². The van der Waals surface area contributed by atoms with Gasteiger partial charge in [-0.1, -0.05) is 0 Å². The van der Waals surface area contributed by atoms with Crippen molar-refractivity contribution in [2.24, 2.45) is 0 Å².